The van der Waals surface area contributed by atoms with Gasteiger partial charge >= 0.3 is 0 Å². The molecule has 0 atom stereocenters. The molecule has 4 nitrogen and oxygen atoms in total. The maximum atomic E-state index is 14.0. The molecule has 136 valence electrons. The van der Waals surface area contributed by atoms with Crippen molar-refractivity contribution < 1.29 is 4.39 Å². The van der Waals surface area contributed by atoms with Gasteiger partial charge in [-0.25, -0.2) is 9.07 Å². The average Bonchev–Trinajstić information content (AvgIpc) is 3.18. The van der Waals surface area contributed by atoms with E-state index in [1.807, 2.05) is 28.1 Å². The maximum Gasteiger partial charge on any atom is 0.199 e. The van der Waals surface area contributed by atoms with Gasteiger partial charge in [-0.1, -0.05) is 23.7 Å². The molecule has 0 bridgehead atoms. The molecule has 0 amide bonds. The Morgan fingerprint density at radius 2 is 2.15 bits per heavy atom. The van der Waals surface area contributed by atoms with Crippen molar-refractivity contribution >= 4 is 35.2 Å². The lowest BCUT2D eigenvalue weighted by atomic mass is 10.2. The van der Waals surface area contributed by atoms with Gasteiger partial charge in [-0.05, 0) is 55.7 Å². The summed E-state index contributed by atoms with van der Waals surface area (Å²) in [7, 11) is 1.91. The minimum atomic E-state index is -0.296. The minimum absolute atomic E-state index is 0.296. The number of thiophene rings is 1. The predicted molar refractivity (Wildman–Crippen MR) is 106 cm³/mol. The van der Waals surface area contributed by atoms with Gasteiger partial charge in [-0.15, -0.1) is 16.4 Å². The normalized spacial score (nSPS) is 14.3. The smallest absolute Gasteiger partial charge is 0.199 e. The van der Waals surface area contributed by atoms with Crippen LogP contribution in [0.3, 0.4) is 0 Å². The quantitative estimate of drug-likeness (QED) is 0.513. The van der Waals surface area contributed by atoms with E-state index in [2.05, 4.69) is 10.6 Å². The van der Waals surface area contributed by atoms with E-state index in [1.165, 1.54) is 6.07 Å². The summed E-state index contributed by atoms with van der Waals surface area (Å²) < 4.78 is 18.7. The molecule has 2 aromatic heterocycles. The first-order valence-corrected chi connectivity index (χ1v) is 10.1. The molecule has 3 aromatic rings. The van der Waals surface area contributed by atoms with E-state index < -0.39 is 0 Å². The lowest BCUT2D eigenvalue weighted by Gasteiger charge is -2.17. The van der Waals surface area contributed by atoms with Crippen molar-refractivity contribution in [3.05, 3.63) is 56.9 Å². The highest BCUT2D eigenvalue weighted by molar-refractivity contribution is 7.71. The Labute approximate surface area is 165 Å². The van der Waals surface area contributed by atoms with Gasteiger partial charge in [0, 0.05) is 23.2 Å². The number of hydrogen-bond acceptors (Lipinski definition) is 4. The summed E-state index contributed by atoms with van der Waals surface area (Å²) in [5.74, 6) is 0.626. The molecule has 2 heterocycles. The van der Waals surface area contributed by atoms with Crippen LogP contribution in [-0.4, -0.2) is 26.3 Å². The first-order chi connectivity index (χ1) is 12.5. The highest BCUT2D eigenvalue weighted by Gasteiger charge is 2.29. The Morgan fingerprint density at radius 3 is 2.81 bits per heavy atom. The van der Waals surface area contributed by atoms with Crippen LogP contribution in [0.4, 0.5) is 4.39 Å². The fourth-order valence-corrected chi connectivity index (χ4v) is 4.24. The molecular weight excluding hydrogens is 391 g/mol. The second kappa shape index (κ2) is 7.23. The summed E-state index contributed by atoms with van der Waals surface area (Å²) in [5, 5.41) is 7.23. The van der Waals surface area contributed by atoms with E-state index in [0.29, 0.717) is 34.6 Å². The largest absolute Gasteiger partial charge is 0.296 e. The monoisotopic (exact) mass is 408 g/mol. The molecule has 0 spiro atoms. The fraction of sp³-hybridized carbons (Fsp3) is 0.333. The summed E-state index contributed by atoms with van der Waals surface area (Å²) in [5.41, 5.74) is 0.489. The van der Waals surface area contributed by atoms with Crippen LogP contribution < -0.4 is 0 Å². The topological polar surface area (TPSA) is 26.0 Å². The number of aromatic nitrogens is 3. The molecule has 1 aromatic carbocycles. The maximum absolute atomic E-state index is 14.0. The summed E-state index contributed by atoms with van der Waals surface area (Å²) in [4.78, 5) is 3.07. The Balaban J connectivity index is 1.60. The van der Waals surface area contributed by atoms with Crippen molar-refractivity contribution in [3.63, 3.8) is 0 Å². The molecule has 1 aliphatic carbocycles. The zero-order chi connectivity index (χ0) is 18.3. The van der Waals surface area contributed by atoms with E-state index in [0.717, 1.165) is 23.5 Å². The first-order valence-electron chi connectivity index (χ1n) is 8.39. The minimum Gasteiger partial charge on any atom is -0.296 e. The Hall–Kier alpha value is -1.54. The summed E-state index contributed by atoms with van der Waals surface area (Å²) >= 11 is 13.5. The second-order valence-electron chi connectivity index (χ2n) is 6.54. The second-order valence-corrected chi connectivity index (χ2v) is 8.26. The SMILES string of the molecule is CN(Cc1c(F)cccc1Cl)Cn1nc(-c2cccs2)n(C2CC2)c1=S. The number of nitrogens with zero attached hydrogens (tertiary/aromatic N) is 4. The Morgan fingerprint density at radius 1 is 1.35 bits per heavy atom. The van der Waals surface area contributed by atoms with Crippen molar-refractivity contribution in [1.29, 1.82) is 0 Å². The van der Waals surface area contributed by atoms with Crippen molar-refractivity contribution in [2.75, 3.05) is 7.05 Å². The van der Waals surface area contributed by atoms with E-state index in [1.54, 1.807) is 23.5 Å². The number of hydrogen-bond donors (Lipinski definition) is 0. The van der Waals surface area contributed by atoms with Crippen LogP contribution in [-0.2, 0) is 13.2 Å². The molecule has 0 N–H and O–H groups in total. The van der Waals surface area contributed by atoms with E-state index >= 15 is 0 Å². The van der Waals surface area contributed by atoms with Crippen molar-refractivity contribution in [1.82, 2.24) is 19.2 Å². The number of halogens is 2. The van der Waals surface area contributed by atoms with Crippen LogP contribution in [0.15, 0.2) is 35.7 Å². The van der Waals surface area contributed by atoms with Gasteiger partial charge in [0.05, 0.1) is 11.5 Å². The highest BCUT2D eigenvalue weighted by Crippen LogP contribution is 2.39. The Bertz CT molecular complexity index is 955. The molecule has 0 radical (unpaired) electrons. The molecule has 1 saturated carbocycles. The fourth-order valence-electron chi connectivity index (χ4n) is 2.98. The molecule has 0 saturated heterocycles. The number of benzene rings is 1. The number of rotatable bonds is 6. The van der Waals surface area contributed by atoms with Gasteiger partial charge in [0.1, 0.15) is 5.82 Å². The molecule has 8 heteroatoms. The molecule has 0 aliphatic heterocycles. The molecule has 1 aliphatic rings. The lowest BCUT2D eigenvalue weighted by molar-refractivity contribution is 0.241. The summed E-state index contributed by atoms with van der Waals surface area (Å²) in [6.07, 6.45) is 2.28. The van der Waals surface area contributed by atoms with Crippen molar-refractivity contribution in [3.8, 4) is 10.7 Å². The van der Waals surface area contributed by atoms with Gasteiger partial charge in [-0.2, -0.15) is 0 Å². The molecule has 4 rings (SSSR count). The standard InChI is InChI=1S/C18H18ClFN4S2/c1-22(10-13-14(19)4-2-5-15(13)20)11-23-18(25)24(12-7-8-12)17(21-23)16-6-3-9-26-16/h2-6,9,12H,7-8,10-11H2,1H3. The van der Waals surface area contributed by atoms with E-state index in [4.69, 9.17) is 28.9 Å². The van der Waals surface area contributed by atoms with Crippen molar-refractivity contribution in [2.24, 2.45) is 0 Å². The van der Waals surface area contributed by atoms with Crippen LogP contribution in [0.25, 0.3) is 10.7 Å². The lowest BCUT2D eigenvalue weighted by Crippen LogP contribution is -2.23. The van der Waals surface area contributed by atoms with Crippen molar-refractivity contribution in [2.45, 2.75) is 32.1 Å². The predicted octanol–water partition coefficient (Wildman–Crippen LogP) is 5.36. The first kappa shape index (κ1) is 17.9. The van der Waals surface area contributed by atoms with Gasteiger partial charge in [-0.3, -0.25) is 9.47 Å². The van der Waals surface area contributed by atoms with E-state index in [9.17, 15) is 4.39 Å². The third-order valence-electron chi connectivity index (χ3n) is 4.39. The summed E-state index contributed by atoms with van der Waals surface area (Å²) in [6.45, 7) is 0.861. The molecule has 26 heavy (non-hydrogen) atoms. The zero-order valence-corrected chi connectivity index (χ0v) is 16.6. The van der Waals surface area contributed by atoms with Gasteiger partial charge in [0.25, 0.3) is 0 Å². The van der Waals surface area contributed by atoms with Gasteiger partial charge in [0.2, 0.25) is 0 Å². The molecule has 0 unspecified atom stereocenters. The summed E-state index contributed by atoms with van der Waals surface area (Å²) in [6, 6.07) is 9.27. The third-order valence-corrected chi connectivity index (χ3v) is 6.02. The zero-order valence-electron chi connectivity index (χ0n) is 14.2. The van der Waals surface area contributed by atoms with Gasteiger partial charge in [0.15, 0.2) is 10.6 Å². The highest BCUT2D eigenvalue weighted by atomic mass is 35.5. The van der Waals surface area contributed by atoms with Crippen LogP contribution in [0.1, 0.15) is 24.4 Å². The molecular formula is C18H18ClFN4S2. The third kappa shape index (κ3) is 3.49. The Kier molecular flexibility index (Phi) is 4.96. The van der Waals surface area contributed by atoms with Crippen LogP contribution >= 0.6 is 35.2 Å². The van der Waals surface area contributed by atoms with E-state index in [-0.39, 0.29) is 5.82 Å². The van der Waals surface area contributed by atoms with Crippen LogP contribution in [0, 0.1) is 10.6 Å². The molecule has 1 fully saturated rings. The van der Waals surface area contributed by atoms with Crippen LogP contribution in [0.5, 0.6) is 0 Å². The average molecular weight is 409 g/mol. The van der Waals surface area contributed by atoms with Gasteiger partial charge < -0.3 is 0 Å². The van der Waals surface area contributed by atoms with Crippen LogP contribution in [0.2, 0.25) is 5.02 Å².